The van der Waals surface area contributed by atoms with E-state index in [4.69, 9.17) is 5.73 Å². The summed E-state index contributed by atoms with van der Waals surface area (Å²) in [6, 6.07) is 5.14. The van der Waals surface area contributed by atoms with Crippen LogP contribution in [0.5, 0.6) is 0 Å². The molecule has 2 amide bonds. The van der Waals surface area contributed by atoms with E-state index in [1.54, 1.807) is 5.32 Å². The lowest BCUT2D eigenvalue weighted by Crippen LogP contribution is -2.40. The molecule has 0 aliphatic rings. The van der Waals surface area contributed by atoms with Crippen molar-refractivity contribution in [2.45, 2.75) is 18.8 Å². The van der Waals surface area contributed by atoms with Crippen LogP contribution in [0.4, 0.5) is 23.2 Å². The molecule has 1 aromatic rings. The van der Waals surface area contributed by atoms with E-state index in [1.807, 2.05) is 0 Å². The number of nitrogens with two attached hydrogens (primary N) is 1. The van der Waals surface area contributed by atoms with Gasteiger partial charge in [-0.3, -0.25) is 9.59 Å². The Hall–Kier alpha value is -2.12. The van der Waals surface area contributed by atoms with Crippen LogP contribution in [0.15, 0.2) is 24.3 Å². The maximum absolute atomic E-state index is 12.7. The van der Waals surface area contributed by atoms with E-state index in [2.05, 4.69) is 0 Å². The molecule has 104 valence electrons. The van der Waals surface area contributed by atoms with Crippen LogP contribution in [0.1, 0.15) is 5.56 Å². The van der Waals surface area contributed by atoms with E-state index in [0.717, 1.165) is 0 Å². The van der Waals surface area contributed by atoms with Crippen molar-refractivity contribution in [3.05, 3.63) is 29.8 Å². The Morgan fingerprint density at radius 2 is 1.74 bits per heavy atom. The lowest BCUT2D eigenvalue weighted by atomic mass is 10.1. The molecule has 4 nitrogen and oxygen atoms in total. The molecule has 0 aliphatic heterocycles. The highest BCUT2D eigenvalue weighted by Gasteiger charge is 2.48. The highest BCUT2D eigenvalue weighted by Crippen LogP contribution is 2.24. The van der Waals surface area contributed by atoms with Crippen molar-refractivity contribution < 1.29 is 27.2 Å². The van der Waals surface area contributed by atoms with Gasteiger partial charge in [0.05, 0.1) is 6.42 Å². The third kappa shape index (κ3) is 3.94. The summed E-state index contributed by atoms with van der Waals surface area (Å²) in [5.74, 6) is -7.43. The minimum atomic E-state index is -4.76. The Kier molecular flexibility index (Phi) is 4.47. The molecule has 0 unspecified atom stereocenters. The summed E-state index contributed by atoms with van der Waals surface area (Å²) in [6.45, 7) is 0. The number of hydrogen-bond acceptors (Lipinski definition) is 2. The smallest absolute Gasteiger partial charge is 0.369 e. The van der Waals surface area contributed by atoms with E-state index in [0.29, 0.717) is 5.56 Å². The maximum Gasteiger partial charge on any atom is 0.383 e. The zero-order valence-electron chi connectivity index (χ0n) is 9.50. The largest absolute Gasteiger partial charge is 0.383 e. The van der Waals surface area contributed by atoms with Gasteiger partial charge >= 0.3 is 18.3 Å². The van der Waals surface area contributed by atoms with Gasteiger partial charge in [-0.25, -0.2) is 8.78 Å². The van der Waals surface area contributed by atoms with Crippen molar-refractivity contribution in [3.63, 3.8) is 0 Å². The van der Waals surface area contributed by atoms with Crippen LogP contribution >= 0.6 is 0 Å². The summed E-state index contributed by atoms with van der Waals surface area (Å²) in [4.78, 5) is 21.5. The second-order valence-electron chi connectivity index (χ2n) is 3.72. The molecule has 0 aromatic heterocycles. The molecule has 1 aromatic carbocycles. The molecule has 19 heavy (non-hydrogen) atoms. The first-order valence-electron chi connectivity index (χ1n) is 5.08. The van der Waals surface area contributed by atoms with Gasteiger partial charge in [0.1, 0.15) is 0 Å². The highest BCUT2D eigenvalue weighted by molar-refractivity contribution is 5.96. The van der Waals surface area contributed by atoms with Gasteiger partial charge in [0, 0.05) is 5.69 Å². The molecular formula is C11H10F4N2O2. The molecule has 0 saturated carbocycles. The Bertz CT molecular complexity index is 474. The van der Waals surface area contributed by atoms with Crippen LogP contribution in [0.2, 0.25) is 0 Å². The third-order valence-electron chi connectivity index (χ3n) is 2.17. The SMILES string of the molecule is NC(=O)Cc1ccc(NC(=O)C(F)(F)C(F)F)cc1. The zero-order chi connectivity index (χ0) is 14.6. The van der Waals surface area contributed by atoms with Crippen molar-refractivity contribution in [1.82, 2.24) is 0 Å². The van der Waals surface area contributed by atoms with E-state index in [-0.39, 0.29) is 12.1 Å². The fraction of sp³-hybridized carbons (Fsp3) is 0.273. The van der Waals surface area contributed by atoms with E-state index in [1.165, 1.54) is 24.3 Å². The molecule has 0 aliphatic carbocycles. The molecular weight excluding hydrogens is 268 g/mol. The molecule has 0 bridgehead atoms. The predicted octanol–water partition coefficient (Wildman–Crippen LogP) is 1.55. The molecule has 3 N–H and O–H groups in total. The molecule has 8 heteroatoms. The summed E-state index contributed by atoms with van der Waals surface area (Å²) in [5.41, 5.74) is 5.36. The number of anilines is 1. The van der Waals surface area contributed by atoms with Gasteiger partial charge in [-0.15, -0.1) is 0 Å². The standard InChI is InChI=1S/C11H10F4N2O2/c12-9(13)11(14,15)10(19)17-7-3-1-6(2-4-7)5-8(16)18/h1-4,9H,5H2,(H2,16,18)(H,17,19). The van der Waals surface area contributed by atoms with Gasteiger partial charge in [0.25, 0.3) is 0 Å². The van der Waals surface area contributed by atoms with Crippen LogP contribution in [0, 0.1) is 0 Å². The molecule has 1 rings (SSSR count). The Labute approximate surface area is 105 Å². The third-order valence-corrected chi connectivity index (χ3v) is 2.17. The number of primary amides is 1. The predicted molar refractivity (Wildman–Crippen MR) is 58.9 cm³/mol. The number of carbonyl (C=O) groups excluding carboxylic acids is 2. The van der Waals surface area contributed by atoms with Crippen LogP contribution in [0.25, 0.3) is 0 Å². The quantitative estimate of drug-likeness (QED) is 0.802. The first-order chi connectivity index (χ1) is 8.73. The Balaban J connectivity index is 2.73. The molecule has 0 saturated heterocycles. The average molecular weight is 278 g/mol. The normalized spacial score (nSPS) is 11.4. The number of hydrogen-bond donors (Lipinski definition) is 2. The zero-order valence-corrected chi connectivity index (χ0v) is 9.50. The molecule has 0 heterocycles. The number of halogens is 4. The summed E-state index contributed by atoms with van der Waals surface area (Å²) >= 11 is 0. The van der Waals surface area contributed by atoms with Crippen LogP contribution in [-0.4, -0.2) is 24.2 Å². The van der Waals surface area contributed by atoms with Gasteiger partial charge in [-0.1, -0.05) is 12.1 Å². The second-order valence-corrected chi connectivity index (χ2v) is 3.72. The fourth-order valence-electron chi connectivity index (χ4n) is 1.22. The molecule has 0 fully saturated rings. The van der Waals surface area contributed by atoms with Gasteiger partial charge in [0.2, 0.25) is 5.91 Å². The maximum atomic E-state index is 12.7. The minimum Gasteiger partial charge on any atom is -0.369 e. The van der Waals surface area contributed by atoms with Crippen molar-refractivity contribution in [2.24, 2.45) is 5.73 Å². The number of carbonyl (C=O) groups is 2. The summed E-state index contributed by atoms with van der Waals surface area (Å²) in [7, 11) is 0. The fourth-order valence-corrected chi connectivity index (χ4v) is 1.22. The lowest BCUT2D eigenvalue weighted by Gasteiger charge is -2.14. The van der Waals surface area contributed by atoms with Crippen LogP contribution < -0.4 is 11.1 Å². The van der Waals surface area contributed by atoms with Gasteiger partial charge in [-0.05, 0) is 17.7 Å². The van der Waals surface area contributed by atoms with Gasteiger partial charge in [-0.2, -0.15) is 8.78 Å². The van der Waals surface area contributed by atoms with Crippen LogP contribution in [-0.2, 0) is 16.0 Å². The summed E-state index contributed by atoms with van der Waals surface area (Å²) in [5, 5.41) is 1.66. The molecule has 0 spiro atoms. The number of rotatable bonds is 5. The highest BCUT2D eigenvalue weighted by atomic mass is 19.3. The average Bonchev–Trinajstić information content (AvgIpc) is 2.30. The molecule has 0 atom stereocenters. The lowest BCUT2D eigenvalue weighted by molar-refractivity contribution is -0.163. The van der Waals surface area contributed by atoms with Gasteiger partial charge in [0.15, 0.2) is 0 Å². The van der Waals surface area contributed by atoms with Crippen molar-refractivity contribution >= 4 is 17.5 Å². The van der Waals surface area contributed by atoms with Crippen molar-refractivity contribution in [3.8, 4) is 0 Å². The number of alkyl halides is 4. The Morgan fingerprint density at radius 1 is 1.21 bits per heavy atom. The summed E-state index contributed by atoms with van der Waals surface area (Å²) in [6.07, 6.45) is -4.14. The van der Waals surface area contributed by atoms with Crippen molar-refractivity contribution in [1.29, 1.82) is 0 Å². The second kappa shape index (κ2) is 5.68. The number of nitrogens with one attached hydrogen (secondary N) is 1. The number of benzene rings is 1. The van der Waals surface area contributed by atoms with E-state index < -0.39 is 24.2 Å². The summed E-state index contributed by atoms with van der Waals surface area (Å²) < 4.78 is 49.1. The van der Waals surface area contributed by atoms with Crippen molar-refractivity contribution in [2.75, 3.05) is 5.32 Å². The number of amides is 2. The minimum absolute atomic E-state index is 0.0541. The molecule has 0 radical (unpaired) electrons. The first-order valence-corrected chi connectivity index (χ1v) is 5.08. The van der Waals surface area contributed by atoms with E-state index >= 15 is 0 Å². The van der Waals surface area contributed by atoms with E-state index in [9.17, 15) is 27.2 Å². The Morgan fingerprint density at radius 3 is 2.16 bits per heavy atom. The van der Waals surface area contributed by atoms with Crippen LogP contribution in [0.3, 0.4) is 0 Å². The first kappa shape index (κ1) is 14.9. The van der Waals surface area contributed by atoms with Gasteiger partial charge < -0.3 is 11.1 Å². The topological polar surface area (TPSA) is 72.2 Å². The monoisotopic (exact) mass is 278 g/mol.